The van der Waals surface area contributed by atoms with Crippen molar-refractivity contribution in [1.29, 1.82) is 0 Å². The monoisotopic (exact) mass is 414 g/mol. The van der Waals surface area contributed by atoms with Crippen molar-refractivity contribution in [3.63, 3.8) is 0 Å². The van der Waals surface area contributed by atoms with Gasteiger partial charge in [0.1, 0.15) is 5.75 Å². The Bertz CT molecular complexity index is 839. The van der Waals surface area contributed by atoms with Crippen LogP contribution in [0.15, 0.2) is 30.4 Å². The van der Waals surface area contributed by atoms with Gasteiger partial charge >= 0.3 is 0 Å². The molecule has 0 heterocycles. The first-order valence-electron chi connectivity index (χ1n) is 11.2. The van der Waals surface area contributed by atoms with E-state index in [0.29, 0.717) is 36.3 Å². The summed E-state index contributed by atoms with van der Waals surface area (Å²) in [6.45, 7) is 15.0. The van der Waals surface area contributed by atoms with Gasteiger partial charge in [-0.25, -0.2) is 0 Å². The van der Waals surface area contributed by atoms with Crippen LogP contribution in [0.4, 0.5) is 0 Å². The summed E-state index contributed by atoms with van der Waals surface area (Å²) in [6, 6.07) is 5.89. The molecule has 2 unspecified atom stereocenters. The van der Waals surface area contributed by atoms with Gasteiger partial charge in [0.2, 0.25) is 0 Å². The minimum Gasteiger partial charge on any atom is -0.508 e. The number of hydrogen-bond donors (Lipinski definition) is 3. The molecule has 1 aromatic rings. The van der Waals surface area contributed by atoms with E-state index in [1.165, 1.54) is 16.7 Å². The molecule has 2 saturated carbocycles. The zero-order chi connectivity index (χ0) is 21.4. The maximum absolute atomic E-state index is 12.1. The molecule has 0 aromatic heterocycles. The minimum absolute atomic E-state index is 0.184. The maximum Gasteiger partial charge on any atom is 0.188 e. The Balaban J connectivity index is 1.69. The van der Waals surface area contributed by atoms with Crippen molar-refractivity contribution >= 4 is 8.32 Å². The molecule has 3 aliphatic rings. The summed E-state index contributed by atoms with van der Waals surface area (Å²) in [5.74, 6) is 1.69. The quantitative estimate of drug-likeness (QED) is 0.451. The van der Waals surface area contributed by atoms with Gasteiger partial charge in [0.25, 0.3) is 0 Å². The molecule has 3 N–H and O–H groups in total. The molecular formula is C25H38O3Si. The molecule has 0 spiro atoms. The SMILES string of the molecule is C=C1C[C@](O)(CC(C)(C)[Si](C)(C)O)[C@@]2(C)CCC3c4ccc(O)cc4CCC3[C@H]12. The van der Waals surface area contributed by atoms with Crippen molar-refractivity contribution in [1.82, 2.24) is 0 Å². The zero-order valence-corrected chi connectivity index (χ0v) is 19.8. The standard InChI is InChI=1S/C25H38O3Si/c1-16-14-25(27,15-23(2,3)29(5,6)28)24(4)12-11-20-19-10-8-18(26)13-17(19)7-9-21(20)22(16)24/h8,10,13,20-22,26-28H,1,7,9,11-12,14-15H2,2-6H3/t20?,21?,22-,24-,25-/m0/s1. The third-order valence-corrected chi connectivity index (χ3v) is 12.8. The Morgan fingerprint density at radius 2 is 1.93 bits per heavy atom. The fraction of sp³-hybridized carbons (Fsp3) is 0.680. The first kappa shape index (κ1) is 21.1. The van der Waals surface area contributed by atoms with Gasteiger partial charge in [0.15, 0.2) is 8.32 Å². The summed E-state index contributed by atoms with van der Waals surface area (Å²) in [7, 11) is -2.41. The summed E-state index contributed by atoms with van der Waals surface area (Å²) < 4.78 is 0. The first-order chi connectivity index (χ1) is 13.3. The van der Waals surface area contributed by atoms with Gasteiger partial charge < -0.3 is 15.0 Å². The number of aryl methyl sites for hydroxylation is 1. The second-order valence-electron chi connectivity index (χ2n) is 11.6. The number of phenolic OH excluding ortho intramolecular Hbond substituents is 1. The molecule has 0 bridgehead atoms. The van der Waals surface area contributed by atoms with E-state index < -0.39 is 13.9 Å². The smallest absolute Gasteiger partial charge is 0.188 e. The number of aromatic hydroxyl groups is 1. The fourth-order valence-electron chi connectivity index (χ4n) is 6.95. The van der Waals surface area contributed by atoms with Gasteiger partial charge in [-0.15, -0.1) is 0 Å². The Kier molecular flexibility index (Phi) is 4.70. The van der Waals surface area contributed by atoms with Crippen molar-refractivity contribution in [3.05, 3.63) is 41.5 Å². The lowest BCUT2D eigenvalue weighted by molar-refractivity contribution is -0.112. The maximum atomic E-state index is 12.1. The lowest BCUT2D eigenvalue weighted by atomic mass is 9.52. The summed E-state index contributed by atoms with van der Waals surface area (Å²) in [6.07, 6.45) is 5.45. The number of benzene rings is 1. The molecular weight excluding hydrogens is 376 g/mol. The van der Waals surface area contributed by atoms with Crippen LogP contribution in [0.25, 0.3) is 0 Å². The Morgan fingerprint density at radius 1 is 1.24 bits per heavy atom. The second-order valence-corrected chi connectivity index (χ2v) is 16.1. The van der Waals surface area contributed by atoms with Crippen LogP contribution in [-0.4, -0.2) is 28.9 Å². The molecule has 3 nitrogen and oxygen atoms in total. The van der Waals surface area contributed by atoms with Crippen molar-refractivity contribution in [2.45, 2.75) is 88.9 Å². The number of rotatable bonds is 3. The van der Waals surface area contributed by atoms with Crippen LogP contribution < -0.4 is 0 Å². The predicted molar refractivity (Wildman–Crippen MR) is 121 cm³/mol. The summed E-state index contributed by atoms with van der Waals surface area (Å²) >= 11 is 0. The predicted octanol–water partition coefficient (Wildman–Crippen LogP) is 5.51. The van der Waals surface area contributed by atoms with Crippen LogP contribution in [0.5, 0.6) is 5.75 Å². The third kappa shape index (κ3) is 3.05. The van der Waals surface area contributed by atoms with E-state index in [2.05, 4.69) is 33.4 Å². The topological polar surface area (TPSA) is 60.7 Å². The van der Waals surface area contributed by atoms with Crippen molar-refractivity contribution < 1.29 is 15.0 Å². The normalized spacial score (nSPS) is 37.1. The summed E-state index contributed by atoms with van der Waals surface area (Å²) in [4.78, 5) is 10.9. The van der Waals surface area contributed by atoms with Crippen LogP contribution >= 0.6 is 0 Å². The van der Waals surface area contributed by atoms with E-state index in [0.717, 1.165) is 25.7 Å². The lowest BCUT2D eigenvalue weighted by Crippen LogP contribution is -2.54. The molecule has 0 aliphatic heterocycles. The van der Waals surface area contributed by atoms with Crippen LogP contribution in [0, 0.1) is 17.3 Å². The number of phenols is 1. The molecule has 0 radical (unpaired) electrons. The van der Waals surface area contributed by atoms with E-state index >= 15 is 0 Å². The summed E-state index contributed by atoms with van der Waals surface area (Å²) in [5, 5.41) is 21.7. The van der Waals surface area contributed by atoms with Gasteiger partial charge in [-0.3, -0.25) is 0 Å². The third-order valence-electron chi connectivity index (χ3n) is 9.29. The van der Waals surface area contributed by atoms with Crippen LogP contribution in [-0.2, 0) is 6.42 Å². The van der Waals surface area contributed by atoms with Crippen molar-refractivity contribution in [2.75, 3.05) is 0 Å². The van der Waals surface area contributed by atoms with Gasteiger partial charge in [-0.2, -0.15) is 0 Å². The van der Waals surface area contributed by atoms with Gasteiger partial charge in [0.05, 0.1) is 5.60 Å². The summed E-state index contributed by atoms with van der Waals surface area (Å²) in [5.41, 5.74) is 2.92. The largest absolute Gasteiger partial charge is 0.508 e. The van der Waals surface area contributed by atoms with Crippen LogP contribution in [0.3, 0.4) is 0 Å². The molecule has 160 valence electrons. The molecule has 2 fully saturated rings. The van der Waals surface area contributed by atoms with E-state index in [-0.39, 0.29) is 10.5 Å². The highest BCUT2D eigenvalue weighted by Crippen LogP contribution is 2.68. The Morgan fingerprint density at radius 3 is 2.59 bits per heavy atom. The number of fused-ring (bicyclic) bond motifs is 5. The highest BCUT2D eigenvalue weighted by molar-refractivity contribution is 6.72. The van der Waals surface area contributed by atoms with Gasteiger partial charge in [-0.05, 0) is 97.7 Å². The Hall–Kier alpha value is -1.10. The average Bonchev–Trinajstić information content (AvgIpc) is 2.78. The zero-order valence-electron chi connectivity index (χ0n) is 18.8. The van der Waals surface area contributed by atoms with Crippen LogP contribution in [0.1, 0.15) is 69.9 Å². The minimum atomic E-state index is -2.41. The molecule has 5 atom stereocenters. The first-order valence-corrected chi connectivity index (χ1v) is 14.2. The lowest BCUT2D eigenvalue weighted by Gasteiger charge is -2.55. The van der Waals surface area contributed by atoms with E-state index in [4.69, 9.17) is 0 Å². The molecule has 0 amide bonds. The molecule has 0 saturated heterocycles. The molecule has 3 aliphatic carbocycles. The van der Waals surface area contributed by atoms with Gasteiger partial charge in [-0.1, -0.05) is 39.0 Å². The molecule has 4 heteroatoms. The number of aliphatic hydroxyl groups is 1. The number of hydrogen-bond acceptors (Lipinski definition) is 3. The van der Waals surface area contributed by atoms with E-state index in [1.807, 2.05) is 25.2 Å². The van der Waals surface area contributed by atoms with Gasteiger partial charge in [0, 0.05) is 5.41 Å². The van der Waals surface area contributed by atoms with Crippen LogP contribution in [0.2, 0.25) is 18.1 Å². The van der Waals surface area contributed by atoms with E-state index in [1.54, 1.807) is 0 Å². The highest BCUT2D eigenvalue weighted by atomic mass is 28.4. The average molecular weight is 415 g/mol. The molecule has 4 rings (SSSR count). The van der Waals surface area contributed by atoms with E-state index in [9.17, 15) is 15.0 Å². The fourth-order valence-corrected chi connectivity index (χ4v) is 7.68. The Labute approximate surface area is 177 Å². The van der Waals surface area contributed by atoms with Crippen molar-refractivity contribution in [2.24, 2.45) is 17.3 Å². The molecule has 1 aromatic carbocycles. The second kappa shape index (κ2) is 6.45. The van der Waals surface area contributed by atoms with Crippen molar-refractivity contribution in [3.8, 4) is 5.75 Å². The molecule has 29 heavy (non-hydrogen) atoms. The highest BCUT2D eigenvalue weighted by Gasteiger charge is 2.64.